The molecule has 0 fully saturated rings. The Morgan fingerprint density at radius 2 is 1.56 bits per heavy atom. The van der Waals surface area contributed by atoms with Crippen molar-refractivity contribution >= 4 is 23.1 Å². The van der Waals surface area contributed by atoms with Crippen LogP contribution < -0.4 is 10.1 Å². The summed E-state index contributed by atoms with van der Waals surface area (Å²) >= 11 is 0. The van der Waals surface area contributed by atoms with Gasteiger partial charge in [-0.25, -0.2) is 0 Å². The Morgan fingerprint density at radius 1 is 0.844 bits per heavy atom. The number of amides is 2. The molecule has 0 aliphatic carbocycles. The summed E-state index contributed by atoms with van der Waals surface area (Å²) in [6.07, 6.45) is 0.570. The van der Waals surface area contributed by atoms with Gasteiger partial charge in [-0.3, -0.25) is 14.5 Å². The molecular weight excluding hydrogens is 400 g/mol. The molecule has 3 aromatic rings. The van der Waals surface area contributed by atoms with Gasteiger partial charge in [0.2, 0.25) is 0 Å². The van der Waals surface area contributed by atoms with Crippen molar-refractivity contribution in [3.05, 3.63) is 101 Å². The van der Waals surface area contributed by atoms with E-state index in [2.05, 4.69) is 5.32 Å². The molecule has 1 N–H and O–H groups in total. The monoisotopic (exact) mass is 426 g/mol. The molecule has 5 heteroatoms. The zero-order valence-electron chi connectivity index (χ0n) is 18.5. The number of anilines is 1. The summed E-state index contributed by atoms with van der Waals surface area (Å²) in [6.45, 7) is 4.33. The molecule has 0 radical (unpaired) electrons. The van der Waals surface area contributed by atoms with Crippen molar-refractivity contribution in [1.82, 2.24) is 4.90 Å². The highest BCUT2D eigenvalue weighted by atomic mass is 16.5. The highest BCUT2D eigenvalue weighted by molar-refractivity contribution is 6.36. The molecule has 162 valence electrons. The number of benzene rings is 3. The number of carbonyl (C=O) groups excluding carboxylic acids is 2. The minimum Gasteiger partial charge on any atom is -0.497 e. The third-order valence-electron chi connectivity index (χ3n) is 5.88. The quantitative estimate of drug-likeness (QED) is 0.554. The first-order valence-corrected chi connectivity index (χ1v) is 10.6. The lowest BCUT2D eigenvalue weighted by Crippen LogP contribution is -2.34. The maximum atomic E-state index is 13.4. The van der Waals surface area contributed by atoms with E-state index in [-0.39, 0.29) is 11.8 Å². The van der Waals surface area contributed by atoms with Gasteiger partial charge in [0.05, 0.1) is 12.7 Å². The minimum absolute atomic E-state index is 0.275. The van der Waals surface area contributed by atoms with Crippen molar-refractivity contribution in [3.63, 3.8) is 0 Å². The summed E-state index contributed by atoms with van der Waals surface area (Å²) in [5.41, 5.74) is 5.48. The lowest BCUT2D eigenvalue weighted by Gasteiger charge is -2.16. The van der Waals surface area contributed by atoms with Crippen LogP contribution in [-0.4, -0.2) is 30.4 Å². The Kier molecular flexibility index (Phi) is 6.08. The molecule has 0 saturated heterocycles. The molecule has 3 aromatic carbocycles. The zero-order chi connectivity index (χ0) is 22.7. The van der Waals surface area contributed by atoms with Gasteiger partial charge >= 0.3 is 0 Å². The van der Waals surface area contributed by atoms with Crippen LogP contribution in [0.2, 0.25) is 0 Å². The van der Waals surface area contributed by atoms with Gasteiger partial charge in [-0.2, -0.15) is 0 Å². The van der Waals surface area contributed by atoms with E-state index in [4.69, 9.17) is 4.74 Å². The lowest BCUT2D eigenvalue weighted by molar-refractivity contribution is -0.136. The van der Waals surface area contributed by atoms with Crippen LogP contribution in [0, 0.1) is 13.8 Å². The first-order chi connectivity index (χ1) is 15.5. The van der Waals surface area contributed by atoms with E-state index in [1.165, 1.54) is 4.90 Å². The predicted molar refractivity (Wildman–Crippen MR) is 126 cm³/mol. The number of ether oxygens (including phenoxy) is 1. The molecule has 0 unspecified atom stereocenters. The number of nitrogens with one attached hydrogen (secondary N) is 1. The Balaban J connectivity index is 1.64. The van der Waals surface area contributed by atoms with E-state index < -0.39 is 0 Å². The Hall–Kier alpha value is -3.86. The second-order valence-corrected chi connectivity index (χ2v) is 7.85. The molecule has 1 aliphatic rings. The minimum atomic E-state index is -0.303. The highest BCUT2D eigenvalue weighted by Crippen LogP contribution is 2.32. The van der Waals surface area contributed by atoms with Crippen molar-refractivity contribution in [3.8, 4) is 5.75 Å². The Labute approximate surface area is 188 Å². The molecule has 0 spiro atoms. The molecule has 0 aromatic heterocycles. The summed E-state index contributed by atoms with van der Waals surface area (Å²) in [4.78, 5) is 28.1. The Bertz CT molecular complexity index is 1180. The van der Waals surface area contributed by atoms with Gasteiger partial charge < -0.3 is 10.1 Å². The molecule has 1 aliphatic heterocycles. The maximum absolute atomic E-state index is 13.4. The average Bonchev–Trinajstić information content (AvgIpc) is 3.05. The Morgan fingerprint density at radius 3 is 2.25 bits per heavy atom. The van der Waals surface area contributed by atoms with Crippen LogP contribution >= 0.6 is 0 Å². The van der Waals surface area contributed by atoms with Crippen molar-refractivity contribution in [2.24, 2.45) is 0 Å². The predicted octanol–water partition coefficient (Wildman–Crippen LogP) is 4.75. The third-order valence-corrected chi connectivity index (χ3v) is 5.88. The van der Waals surface area contributed by atoms with Gasteiger partial charge in [0.15, 0.2) is 0 Å². The van der Waals surface area contributed by atoms with Gasteiger partial charge in [-0.05, 0) is 60.7 Å². The summed E-state index contributed by atoms with van der Waals surface area (Å²) in [6, 6.07) is 22.9. The standard InChI is InChI=1S/C27H26N2O3/c1-18-8-7-11-23(19(18)2)28-25-24(21-9-5-4-6-10-21)26(30)29(27(25)31)17-16-20-12-14-22(32-3)15-13-20/h4-15,28H,16-17H2,1-3H3. The number of carbonyl (C=O) groups is 2. The van der Waals surface area contributed by atoms with Gasteiger partial charge in [0, 0.05) is 12.2 Å². The van der Waals surface area contributed by atoms with Crippen LogP contribution in [0.25, 0.3) is 5.57 Å². The van der Waals surface area contributed by atoms with E-state index in [1.54, 1.807) is 7.11 Å². The number of rotatable bonds is 7. The molecule has 32 heavy (non-hydrogen) atoms. The molecule has 1 heterocycles. The van der Waals surface area contributed by atoms with E-state index in [0.29, 0.717) is 24.2 Å². The topological polar surface area (TPSA) is 58.6 Å². The molecule has 0 bridgehead atoms. The van der Waals surface area contributed by atoms with Crippen LogP contribution in [0.3, 0.4) is 0 Å². The second-order valence-electron chi connectivity index (χ2n) is 7.85. The highest BCUT2D eigenvalue weighted by Gasteiger charge is 2.39. The van der Waals surface area contributed by atoms with Gasteiger partial charge in [0.1, 0.15) is 11.4 Å². The van der Waals surface area contributed by atoms with E-state index in [9.17, 15) is 9.59 Å². The fourth-order valence-corrected chi connectivity index (χ4v) is 3.82. The van der Waals surface area contributed by atoms with Gasteiger partial charge in [-0.15, -0.1) is 0 Å². The summed E-state index contributed by atoms with van der Waals surface area (Å²) < 4.78 is 5.20. The maximum Gasteiger partial charge on any atom is 0.278 e. The molecule has 5 nitrogen and oxygen atoms in total. The molecule has 2 amide bonds. The number of imide groups is 1. The largest absolute Gasteiger partial charge is 0.497 e. The molecule has 0 atom stereocenters. The smallest absolute Gasteiger partial charge is 0.278 e. The zero-order valence-corrected chi connectivity index (χ0v) is 18.5. The molecule has 4 rings (SSSR count). The SMILES string of the molecule is COc1ccc(CCN2C(=O)C(Nc3cccc(C)c3C)=C(c3ccccc3)C2=O)cc1. The first kappa shape index (κ1) is 21.4. The molecular formula is C27H26N2O3. The van der Waals surface area contributed by atoms with Gasteiger partial charge in [-0.1, -0.05) is 54.6 Å². The summed E-state index contributed by atoms with van der Waals surface area (Å²) in [5, 5.41) is 3.27. The van der Waals surface area contributed by atoms with Crippen LogP contribution in [0.5, 0.6) is 5.75 Å². The van der Waals surface area contributed by atoms with Crippen LogP contribution in [0.1, 0.15) is 22.3 Å². The van der Waals surface area contributed by atoms with Gasteiger partial charge in [0.25, 0.3) is 11.8 Å². The fourth-order valence-electron chi connectivity index (χ4n) is 3.82. The lowest BCUT2D eigenvalue weighted by atomic mass is 10.0. The first-order valence-electron chi connectivity index (χ1n) is 10.6. The average molecular weight is 427 g/mol. The number of hydrogen-bond donors (Lipinski definition) is 1. The third kappa shape index (κ3) is 4.14. The number of nitrogens with zero attached hydrogens (tertiary/aromatic N) is 1. The number of aryl methyl sites for hydroxylation is 1. The van der Waals surface area contributed by atoms with Crippen molar-refractivity contribution < 1.29 is 14.3 Å². The van der Waals surface area contributed by atoms with E-state index in [0.717, 1.165) is 33.7 Å². The second kappa shape index (κ2) is 9.10. The van der Waals surface area contributed by atoms with Crippen molar-refractivity contribution in [2.45, 2.75) is 20.3 Å². The summed E-state index contributed by atoms with van der Waals surface area (Å²) in [5.74, 6) is 0.195. The van der Waals surface area contributed by atoms with Crippen molar-refractivity contribution in [1.29, 1.82) is 0 Å². The normalized spacial score (nSPS) is 13.7. The number of hydrogen-bond acceptors (Lipinski definition) is 4. The van der Waals surface area contributed by atoms with Crippen LogP contribution in [0.4, 0.5) is 5.69 Å². The van der Waals surface area contributed by atoms with E-state index >= 15 is 0 Å². The summed E-state index contributed by atoms with van der Waals surface area (Å²) in [7, 11) is 1.62. The van der Waals surface area contributed by atoms with Crippen molar-refractivity contribution in [2.75, 3.05) is 19.0 Å². The van der Waals surface area contributed by atoms with Crippen LogP contribution in [-0.2, 0) is 16.0 Å². The fraction of sp³-hybridized carbons (Fsp3) is 0.185. The van der Waals surface area contributed by atoms with E-state index in [1.807, 2.05) is 86.6 Å². The number of methoxy groups -OCH3 is 1. The van der Waals surface area contributed by atoms with Crippen LogP contribution in [0.15, 0.2) is 78.5 Å². The molecule has 0 saturated carbocycles.